The molecule has 0 aliphatic rings. The van der Waals surface area contributed by atoms with E-state index >= 15 is 0 Å². The molecule has 5 heteroatoms. The summed E-state index contributed by atoms with van der Waals surface area (Å²) < 4.78 is 0. The van der Waals surface area contributed by atoms with Crippen LogP contribution in [0.25, 0.3) is 11.4 Å². The Hall–Kier alpha value is -2.30. The highest BCUT2D eigenvalue weighted by Gasteiger charge is 2.06. The Bertz CT molecular complexity index is 485. The van der Waals surface area contributed by atoms with Crippen LogP contribution in [0, 0.1) is 0 Å². The minimum absolute atomic E-state index is 0.0168. The zero-order valence-electron chi connectivity index (χ0n) is 7.66. The maximum Gasteiger partial charge on any atom is 0.354 e. The van der Waals surface area contributed by atoms with E-state index in [0.29, 0.717) is 5.82 Å². The van der Waals surface area contributed by atoms with Crippen LogP contribution in [0.5, 0.6) is 0 Å². The number of aromatic carboxylic acids is 1. The Labute approximate surface area is 85.5 Å². The predicted molar refractivity (Wildman–Crippen MR) is 52.2 cm³/mol. The summed E-state index contributed by atoms with van der Waals surface area (Å²) in [5.41, 5.74) is 0.727. The van der Waals surface area contributed by atoms with Gasteiger partial charge in [-0.2, -0.15) is 0 Å². The van der Waals surface area contributed by atoms with Crippen molar-refractivity contribution in [3.05, 3.63) is 42.5 Å². The lowest BCUT2D eigenvalue weighted by Crippen LogP contribution is -2.02. The lowest BCUT2D eigenvalue weighted by Gasteiger charge is -1.99. The molecular formula is C10H7N3O2. The summed E-state index contributed by atoms with van der Waals surface area (Å²) in [7, 11) is 0. The quantitative estimate of drug-likeness (QED) is 0.790. The Morgan fingerprint density at radius 2 is 1.87 bits per heavy atom. The van der Waals surface area contributed by atoms with Crippen molar-refractivity contribution in [1.29, 1.82) is 0 Å². The van der Waals surface area contributed by atoms with Crippen LogP contribution in [0.15, 0.2) is 36.8 Å². The molecule has 0 aromatic carbocycles. The summed E-state index contributed by atoms with van der Waals surface area (Å²) in [6.07, 6.45) is 4.63. The number of carbonyl (C=O) groups is 1. The molecule has 0 bridgehead atoms. The van der Waals surface area contributed by atoms with E-state index in [-0.39, 0.29) is 5.69 Å². The second kappa shape index (κ2) is 3.83. The molecule has 0 aliphatic carbocycles. The van der Waals surface area contributed by atoms with E-state index in [0.717, 1.165) is 5.56 Å². The fraction of sp³-hybridized carbons (Fsp3) is 0. The van der Waals surface area contributed by atoms with Crippen molar-refractivity contribution in [2.24, 2.45) is 0 Å². The number of pyridine rings is 1. The molecule has 0 saturated carbocycles. The second-order valence-corrected chi connectivity index (χ2v) is 2.81. The van der Waals surface area contributed by atoms with E-state index in [1.807, 2.05) is 0 Å². The standard InChI is InChI=1S/C10H7N3O2/c14-10(15)8-3-6-12-9(13-8)7-1-4-11-5-2-7/h1-6H,(H,14,15). The summed E-state index contributed by atoms with van der Waals surface area (Å²) in [5.74, 6) is -0.676. The van der Waals surface area contributed by atoms with Crippen molar-refractivity contribution in [1.82, 2.24) is 15.0 Å². The van der Waals surface area contributed by atoms with Gasteiger partial charge in [0.05, 0.1) is 0 Å². The van der Waals surface area contributed by atoms with Crippen LogP contribution in [-0.4, -0.2) is 26.0 Å². The Morgan fingerprint density at radius 3 is 2.53 bits per heavy atom. The van der Waals surface area contributed by atoms with Gasteiger partial charge in [-0.1, -0.05) is 0 Å². The highest BCUT2D eigenvalue weighted by Crippen LogP contribution is 2.12. The van der Waals surface area contributed by atoms with E-state index in [9.17, 15) is 4.79 Å². The number of rotatable bonds is 2. The monoisotopic (exact) mass is 201 g/mol. The van der Waals surface area contributed by atoms with Crippen molar-refractivity contribution in [3.63, 3.8) is 0 Å². The molecular weight excluding hydrogens is 194 g/mol. The molecule has 0 spiro atoms. The first-order valence-corrected chi connectivity index (χ1v) is 4.24. The molecule has 2 aromatic rings. The Balaban J connectivity index is 2.46. The SMILES string of the molecule is O=C(O)c1ccnc(-c2ccncc2)n1. The smallest absolute Gasteiger partial charge is 0.354 e. The van der Waals surface area contributed by atoms with Gasteiger partial charge in [0.15, 0.2) is 11.5 Å². The third kappa shape index (κ3) is 1.96. The van der Waals surface area contributed by atoms with Gasteiger partial charge in [-0.05, 0) is 18.2 Å². The zero-order valence-corrected chi connectivity index (χ0v) is 7.66. The number of nitrogens with zero attached hydrogens (tertiary/aromatic N) is 3. The number of carboxylic acid groups (broad SMARTS) is 1. The average molecular weight is 201 g/mol. The molecule has 74 valence electrons. The number of hydrogen-bond donors (Lipinski definition) is 1. The minimum Gasteiger partial charge on any atom is -0.477 e. The summed E-state index contributed by atoms with van der Waals surface area (Å²) in [4.78, 5) is 22.4. The zero-order chi connectivity index (χ0) is 10.7. The Kier molecular flexibility index (Phi) is 2.37. The van der Waals surface area contributed by atoms with Gasteiger partial charge in [0.25, 0.3) is 0 Å². The maximum atomic E-state index is 10.7. The lowest BCUT2D eigenvalue weighted by atomic mass is 10.2. The molecule has 0 saturated heterocycles. The molecule has 0 amide bonds. The van der Waals surface area contributed by atoms with Crippen LogP contribution in [0.3, 0.4) is 0 Å². The van der Waals surface area contributed by atoms with Crippen molar-refractivity contribution in [3.8, 4) is 11.4 Å². The molecule has 2 heterocycles. The first kappa shape index (κ1) is 9.26. The minimum atomic E-state index is -1.06. The molecule has 0 radical (unpaired) electrons. The largest absolute Gasteiger partial charge is 0.477 e. The van der Waals surface area contributed by atoms with Gasteiger partial charge in [-0.3, -0.25) is 4.98 Å². The third-order valence-corrected chi connectivity index (χ3v) is 1.81. The summed E-state index contributed by atoms with van der Waals surface area (Å²) in [5, 5.41) is 8.75. The summed E-state index contributed by atoms with van der Waals surface area (Å²) >= 11 is 0. The number of carboxylic acids is 1. The van der Waals surface area contributed by atoms with Crippen molar-refractivity contribution < 1.29 is 9.90 Å². The van der Waals surface area contributed by atoms with E-state index < -0.39 is 5.97 Å². The topological polar surface area (TPSA) is 76.0 Å². The highest BCUT2D eigenvalue weighted by atomic mass is 16.4. The fourth-order valence-corrected chi connectivity index (χ4v) is 1.12. The molecule has 2 aromatic heterocycles. The van der Waals surface area contributed by atoms with Crippen LogP contribution >= 0.6 is 0 Å². The normalized spacial score (nSPS) is 9.87. The second-order valence-electron chi connectivity index (χ2n) is 2.81. The summed E-state index contributed by atoms with van der Waals surface area (Å²) in [6, 6.07) is 4.80. The molecule has 15 heavy (non-hydrogen) atoms. The van der Waals surface area contributed by atoms with Gasteiger partial charge in [-0.15, -0.1) is 0 Å². The van der Waals surface area contributed by atoms with E-state index in [1.165, 1.54) is 12.3 Å². The van der Waals surface area contributed by atoms with Gasteiger partial charge in [-0.25, -0.2) is 14.8 Å². The predicted octanol–water partition coefficient (Wildman–Crippen LogP) is 1.24. The molecule has 0 unspecified atom stereocenters. The van der Waals surface area contributed by atoms with Crippen LogP contribution in [0.4, 0.5) is 0 Å². The first-order valence-electron chi connectivity index (χ1n) is 4.24. The van der Waals surface area contributed by atoms with Crippen molar-refractivity contribution >= 4 is 5.97 Å². The van der Waals surface area contributed by atoms with E-state index in [2.05, 4.69) is 15.0 Å². The lowest BCUT2D eigenvalue weighted by molar-refractivity contribution is 0.0690. The van der Waals surface area contributed by atoms with Gasteiger partial charge in [0, 0.05) is 24.2 Å². The average Bonchev–Trinajstić information content (AvgIpc) is 2.30. The molecule has 0 atom stereocenters. The van der Waals surface area contributed by atoms with Crippen molar-refractivity contribution in [2.45, 2.75) is 0 Å². The van der Waals surface area contributed by atoms with E-state index in [1.54, 1.807) is 24.5 Å². The van der Waals surface area contributed by atoms with Crippen LogP contribution < -0.4 is 0 Å². The van der Waals surface area contributed by atoms with Crippen LogP contribution in [0.1, 0.15) is 10.5 Å². The van der Waals surface area contributed by atoms with Gasteiger partial charge < -0.3 is 5.11 Å². The number of aromatic nitrogens is 3. The maximum absolute atomic E-state index is 10.7. The van der Waals surface area contributed by atoms with Gasteiger partial charge >= 0.3 is 5.97 Å². The van der Waals surface area contributed by atoms with E-state index in [4.69, 9.17) is 5.11 Å². The molecule has 1 N–H and O–H groups in total. The van der Waals surface area contributed by atoms with Crippen molar-refractivity contribution in [2.75, 3.05) is 0 Å². The summed E-state index contributed by atoms with van der Waals surface area (Å²) in [6.45, 7) is 0. The van der Waals surface area contributed by atoms with Gasteiger partial charge in [0.1, 0.15) is 0 Å². The Morgan fingerprint density at radius 1 is 1.13 bits per heavy atom. The highest BCUT2D eigenvalue weighted by molar-refractivity contribution is 5.85. The molecule has 5 nitrogen and oxygen atoms in total. The fourth-order valence-electron chi connectivity index (χ4n) is 1.12. The van der Waals surface area contributed by atoms with Crippen LogP contribution in [-0.2, 0) is 0 Å². The number of hydrogen-bond acceptors (Lipinski definition) is 4. The molecule has 0 fully saturated rings. The molecule has 2 rings (SSSR count). The first-order chi connectivity index (χ1) is 7.27. The van der Waals surface area contributed by atoms with Crippen LogP contribution in [0.2, 0.25) is 0 Å². The van der Waals surface area contributed by atoms with Gasteiger partial charge in [0.2, 0.25) is 0 Å². The molecule has 0 aliphatic heterocycles. The third-order valence-electron chi connectivity index (χ3n) is 1.81.